The first-order valence-electron chi connectivity index (χ1n) is 6.74. The van der Waals surface area contributed by atoms with Crippen LogP contribution in [0.4, 0.5) is 5.69 Å². The normalized spacial score (nSPS) is 11.5. The molecule has 4 rings (SSSR count). The van der Waals surface area contributed by atoms with Crippen LogP contribution in [0.3, 0.4) is 0 Å². The first-order valence-corrected chi connectivity index (χ1v) is 7.55. The maximum absolute atomic E-state index is 6.36. The molecule has 0 aliphatic heterocycles. The lowest BCUT2D eigenvalue weighted by Crippen LogP contribution is -1.89. The average Bonchev–Trinajstić information content (AvgIpc) is 2.99. The molecule has 4 heterocycles. The van der Waals surface area contributed by atoms with E-state index in [-0.39, 0.29) is 0 Å². The van der Waals surface area contributed by atoms with E-state index in [1.165, 1.54) is 5.56 Å². The van der Waals surface area contributed by atoms with Gasteiger partial charge in [-0.1, -0.05) is 6.07 Å². The highest BCUT2D eigenvalue weighted by molar-refractivity contribution is 7.22. The van der Waals surface area contributed by atoms with Crippen molar-refractivity contribution in [3.63, 3.8) is 0 Å². The van der Waals surface area contributed by atoms with Crippen molar-refractivity contribution in [3.8, 4) is 10.6 Å². The molecule has 4 aromatic heterocycles. The minimum atomic E-state index is 0.781. The highest BCUT2D eigenvalue weighted by Gasteiger charge is 2.16. The van der Waals surface area contributed by atoms with Crippen molar-refractivity contribution in [2.24, 2.45) is 0 Å². The van der Waals surface area contributed by atoms with Gasteiger partial charge in [-0.2, -0.15) is 0 Å². The van der Waals surface area contributed by atoms with Crippen molar-refractivity contribution in [2.45, 2.75) is 13.8 Å². The highest BCUT2D eigenvalue weighted by atomic mass is 32.1. The average molecular weight is 294 g/mol. The number of thiophene rings is 1. The molecule has 5 heteroatoms. The molecule has 4 aromatic rings. The Bertz CT molecular complexity index is 948. The van der Waals surface area contributed by atoms with Gasteiger partial charge in [0.1, 0.15) is 16.2 Å². The van der Waals surface area contributed by atoms with Crippen molar-refractivity contribution >= 4 is 32.9 Å². The molecule has 104 valence electrons. The Morgan fingerprint density at radius 2 is 2.05 bits per heavy atom. The SMILES string of the molecule is Cc1cc(C)c2c(N)c(-c3cn4ccccc4n3)sc2n1. The molecule has 0 bridgehead atoms. The van der Waals surface area contributed by atoms with Crippen LogP contribution in [0.25, 0.3) is 26.4 Å². The summed E-state index contributed by atoms with van der Waals surface area (Å²) in [7, 11) is 0. The van der Waals surface area contributed by atoms with E-state index in [1.807, 2.05) is 41.9 Å². The first-order chi connectivity index (χ1) is 10.1. The summed E-state index contributed by atoms with van der Waals surface area (Å²) in [5.41, 5.74) is 11.2. The Morgan fingerprint density at radius 1 is 1.19 bits per heavy atom. The number of nitrogen functional groups attached to an aromatic ring is 1. The number of rotatable bonds is 1. The third-order valence-electron chi connectivity index (χ3n) is 3.62. The summed E-state index contributed by atoms with van der Waals surface area (Å²) in [6.45, 7) is 4.08. The number of imidazole rings is 1. The molecular weight excluding hydrogens is 280 g/mol. The highest BCUT2D eigenvalue weighted by Crippen LogP contribution is 2.41. The van der Waals surface area contributed by atoms with E-state index in [2.05, 4.69) is 23.0 Å². The molecule has 0 atom stereocenters. The van der Waals surface area contributed by atoms with E-state index in [1.54, 1.807) is 11.3 Å². The second kappa shape index (κ2) is 4.30. The van der Waals surface area contributed by atoms with Crippen LogP contribution in [0.15, 0.2) is 36.7 Å². The van der Waals surface area contributed by atoms with Gasteiger partial charge in [0.2, 0.25) is 0 Å². The van der Waals surface area contributed by atoms with Gasteiger partial charge in [-0.05, 0) is 37.6 Å². The zero-order chi connectivity index (χ0) is 14.6. The van der Waals surface area contributed by atoms with Gasteiger partial charge >= 0.3 is 0 Å². The van der Waals surface area contributed by atoms with Crippen molar-refractivity contribution in [1.29, 1.82) is 0 Å². The molecule has 2 N–H and O–H groups in total. The van der Waals surface area contributed by atoms with Gasteiger partial charge < -0.3 is 10.1 Å². The molecule has 4 nitrogen and oxygen atoms in total. The minimum absolute atomic E-state index is 0.781. The fourth-order valence-corrected chi connectivity index (χ4v) is 3.87. The van der Waals surface area contributed by atoms with Crippen LogP contribution in [-0.2, 0) is 0 Å². The topological polar surface area (TPSA) is 56.2 Å². The Labute approximate surface area is 125 Å². The van der Waals surface area contributed by atoms with E-state index in [9.17, 15) is 0 Å². The lowest BCUT2D eigenvalue weighted by Gasteiger charge is -1.99. The van der Waals surface area contributed by atoms with Gasteiger partial charge in [0.25, 0.3) is 0 Å². The molecule has 0 spiro atoms. The number of hydrogen-bond acceptors (Lipinski definition) is 4. The first kappa shape index (κ1) is 12.3. The number of anilines is 1. The number of fused-ring (bicyclic) bond motifs is 2. The summed E-state index contributed by atoms with van der Waals surface area (Å²) in [6.07, 6.45) is 4.00. The monoisotopic (exact) mass is 294 g/mol. The zero-order valence-corrected chi connectivity index (χ0v) is 12.6. The third-order valence-corrected chi connectivity index (χ3v) is 4.74. The molecule has 0 amide bonds. The van der Waals surface area contributed by atoms with Crippen LogP contribution in [-0.4, -0.2) is 14.4 Å². The van der Waals surface area contributed by atoms with Crippen molar-refractivity contribution in [1.82, 2.24) is 14.4 Å². The van der Waals surface area contributed by atoms with Crippen LogP contribution >= 0.6 is 11.3 Å². The second-order valence-electron chi connectivity index (χ2n) is 5.20. The molecule has 21 heavy (non-hydrogen) atoms. The third kappa shape index (κ3) is 1.81. The van der Waals surface area contributed by atoms with Gasteiger partial charge in [0, 0.05) is 23.5 Å². The van der Waals surface area contributed by atoms with Crippen LogP contribution in [0.2, 0.25) is 0 Å². The van der Waals surface area contributed by atoms with Crippen LogP contribution in [0.1, 0.15) is 11.3 Å². The molecule has 0 fully saturated rings. The summed E-state index contributed by atoms with van der Waals surface area (Å²) < 4.78 is 2.00. The molecule has 0 saturated carbocycles. The predicted octanol–water partition coefficient (Wildman–Crippen LogP) is 3.81. The van der Waals surface area contributed by atoms with E-state index in [4.69, 9.17) is 5.73 Å². The summed E-state index contributed by atoms with van der Waals surface area (Å²) in [5.74, 6) is 0. The van der Waals surface area contributed by atoms with Gasteiger partial charge in [-0.3, -0.25) is 0 Å². The zero-order valence-electron chi connectivity index (χ0n) is 11.8. The van der Waals surface area contributed by atoms with Gasteiger partial charge in [0.15, 0.2) is 0 Å². The maximum atomic E-state index is 6.36. The Hall–Kier alpha value is -2.40. The van der Waals surface area contributed by atoms with Gasteiger partial charge in [-0.15, -0.1) is 11.3 Å². The minimum Gasteiger partial charge on any atom is -0.397 e. The number of pyridine rings is 2. The number of aryl methyl sites for hydroxylation is 2. The molecule has 0 unspecified atom stereocenters. The van der Waals surface area contributed by atoms with E-state index in [0.29, 0.717) is 0 Å². The Kier molecular flexibility index (Phi) is 2.53. The summed E-state index contributed by atoms with van der Waals surface area (Å²) in [4.78, 5) is 11.2. The molecular formula is C16H14N4S. The number of nitrogens with two attached hydrogens (primary N) is 1. The molecule has 0 aliphatic rings. The molecule has 0 saturated heterocycles. The number of hydrogen-bond donors (Lipinski definition) is 1. The van der Waals surface area contributed by atoms with Crippen LogP contribution in [0, 0.1) is 13.8 Å². The molecule has 0 aromatic carbocycles. The summed E-state index contributed by atoms with van der Waals surface area (Å²) >= 11 is 1.61. The van der Waals surface area contributed by atoms with E-state index >= 15 is 0 Å². The van der Waals surface area contributed by atoms with Crippen molar-refractivity contribution in [3.05, 3.63) is 47.9 Å². The predicted molar refractivity (Wildman–Crippen MR) is 87.7 cm³/mol. The Balaban J connectivity index is 2.02. The standard InChI is InChI=1S/C16H14N4S/c1-9-7-10(2)18-16-13(9)14(17)15(21-16)11-8-20-6-4-3-5-12(20)19-11/h3-8H,17H2,1-2H3. The maximum Gasteiger partial charge on any atom is 0.137 e. The van der Waals surface area contributed by atoms with Crippen LogP contribution < -0.4 is 5.73 Å². The summed E-state index contributed by atoms with van der Waals surface area (Å²) in [6, 6.07) is 8.02. The van der Waals surface area contributed by atoms with Gasteiger partial charge in [0.05, 0.1) is 10.6 Å². The van der Waals surface area contributed by atoms with Gasteiger partial charge in [-0.25, -0.2) is 9.97 Å². The molecule has 0 radical (unpaired) electrons. The van der Waals surface area contributed by atoms with Crippen molar-refractivity contribution < 1.29 is 0 Å². The van der Waals surface area contributed by atoms with E-state index < -0.39 is 0 Å². The largest absolute Gasteiger partial charge is 0.397 e. The van der Waals surface area contributed by atoms with Crippen LogP contribution in [0.5, 0.6) is 0 Å². The second-order valence-corrected chi connectivity index (χ2v) is 6.20. The lowest BCUT2D eigenvalue weighted by molar-refractivity contribution is 1.19. The summed E-state index contributed by atoms with van der Waals surface area (Å²) in [5, 5.41) is 1.05. The molecule has 0 aliphatic carbocycles. The Morgan fingerprint density at radius 3 is 2.86 bits per heavy atom. The fourth-order valence-electron chi connectivity index (χ4n) is 2.70. The smallest absolute Gasteiger partial charge is 0.137 e. The fraction of sp³-hybridized carbons (Fsp3) is 0.125. The number of nitrogens with zero attached hydrogens (tertiary/aromatic N) is 3. The lowest BCUT2D eigenvalue weighted by atomic mass is 10.1. The number of aromatic nitrogens is 3. The van der Waals surface area contributed by atoms with E-state index in [0.717, 1.165) is 37.8 Å². The quantitative estimate of drug-likeness (QED) is 0.581. The van der Waals surface area contributed by atoms with Crippen molar-refractivity contribution in [2.75, 3.05) is 5.73 Å².